The molecule has 7 rings (SSSR count). The van der Waals surface area contributed by atoms with Crippen LogP contribution in [0.25, 0.3) is 0 Å². The summed E-state index contributed by atoms with van der Waals surface area (Å²) in [5.74, 6) is -1.02. The zero-order chi connectivity index (χ0) is 41.7. The van der Waals surface area contributed by atoms with Gasteiger partial charge in [-0.15, -0.1) is 0 Å². The number of dihydropyridines is 1. The third-order valence-corrected chi connectivity index (χ3v) is 11.9. The van der Waals surface area contributed by atoms with Crippen molar-refractivity contribution in [1.82, 2.24) is 20.2 Å². The van der Waals surface area contributed by atoms with Crippen LogP contribution < -0.4 is 20.4 Å². The van der Waals surface area contributed by atoms with Crippen molar-refractivity contribution < 1.29 is 28.6 Å². The number of carboxylic acid groups (broad SMARTS) is 1. The molecule has 5 heterocycles. The molecule has 13 nitrogen and oxygen atoms in total. The smallest absolute Gasteiger partial charge is 0.408 e. The molecule has 3 aromatic rings. The highest BCUT2D eigenvalue weighted by Gasteiger charge is 2.34. The molecular weight excluding hydrogens is 772 g/mol. The first kappa shape index (κ1) is 41.5. The number of anilines is 3. The largest absolute Gasteiger partial charge is 0.479 e. The number of alkyl carbamates (subject to hydrolysis) is 1. The minimum absolute atomic E-state index is 0.235. The molecule has 2 amide bonds. The Labute approximate surface area is 348 Å². The first-order valence-electron chi connectivity index (χ1n) is 20.0. The Hall–Kier alpha value is -5.70. The summed E-state index contributed by atoms with van der Waals surface area (Å²) < 4.78 is 21.0. The average molecular weight is 823 g/mol. The predicted octanol–water partition coefficient (Wildman–Crippen LogP) is 7.48. The molecule has 1 unspecified atom stereocenters. The number of aliphatic imine (C=N–C) groups is 1. The lowest BCUT2D eigenvalue weighted by molar-refractivity contribution is -0.137. The average Bonchev–Trinajstić information content (AvgIpc) is 3.21. The quantitative estimate of drug-likeness (QED) is 0.197. The van der Waals surface area contributed by atoms with Crippen LogP contribution in [0.5, 0.6) is 0 Å². The Morgan fingerprint density at radius 1 is 0.966 bits per heavy atom. The maximum absolute atomic E-state index is 15.5. The van der Waals surface area contributed by atoms with Gasteiger partial charge in [0.15, 0.2) is 6.04 Å². The molecule has 59 heavy (non-hydrogen) atoms. The number of piperidine rings is 2. The maximum atomic E-state index is 15.5. The SMILES string of the molecule is CC1(NC(=O)OC(C)(C)C)CCN(c2cnc(Sc3cccc(NC(=O)c4ccc(N5CCC(N6C=CC(=C7C=CC(C(=O)O)N=C7)CC6)CC5)c(F)c4)c3)cn2)CC1. The minimum atomic E-state index is -0.958. The van der Waals surface area contributed by atoms with Crippen molar-refractivity contribution in [3.8, 4) is 0 Å². The van der Waals surface area contributed by atoms with Crippen molar-refractivity contribution in [1.29, 1.82) is 0 Å². The number of allylic oxidation sites excluding steroid dienone is 3. The predicted molar refractivity (Wildman–Crippen MR) is 228 cm³/mol. The minimum Gasteiger partial charge on any atom is -0.479 e. The number of carboxylic acids is 1. The highest BCUT2D eigenvalue weighted by Crippen LogP contribution is 2.32. The van der Waals surface area contributed by atoms with Crippen molar-refractivity contribution in [2.75, 3.05) is 47.8 Å². The van der Waals surface area contributed by atoms with Gasteiger partial charge in [0.25, 0.3) is 5.91 Å². The molecule has 2 fully saturated rings. The summed E-state index contributed by atoms with van der Waals surface area (Å²) >= 11 is 1.42. The van der Waals surface area contributed by atoms with Gasteiger partial charge < -0.3 is 35.2 Å². The maximum Gasteiger partial charge on any atom is 0.408 e. The topological polar surface area (TPSA) is 153 Å². The molecule has 0 radical (unpaired) electrons. The van der Waals surface area contributed by atoms with Crippen molar-refractivity contribution in [3.63, 3.8) is 0 Å². The van der Waals surface area contributed by atoms with Crippen LogP contribution in [0.3, 0.4) is 0 Å². The Bertz CT molecular complexity index is 2150. The Morgan fingerprint density at radius 2 is 1.75 bits per heavy atom. The second kappa shape index (κ2) is 17.7. The van der Waals surface area contributed by atoms with E-state index in [-0.39, 0.29) is 11.1 Å². The van der Waals surface area contributed by atoms with E-state index in [0.717, 1.165) is 73.6 Å². The van der Waals surface area contributed by atoms with E-state index >= 15 is 4.39 Å². The number of hydrogen-bond donors (Lipinski definition) is 3. The third-order valence-electron chi connectivity index (χ3n) is 11.0. The zero-order valence-corrected chi connectivity index (χ0v) is 34.7. The number of carbonyl (C=O) groups excluding carboxylic acids is 2. The third kappa shape index (κ3) is 10.7. The molecule has 0 aliphatic carbocycles. The van der Waals surface area contributed by atoms with Crippen LogP contribution in [0.15, 0.2) is 105 Å². The van der Waals surface area contributed by atoms with Crippen LogP contribution in [0.1, 0.15) is 70.2 Å². The van der Waals surface area contributed by atoms with Gasteiger partial charge in [0.1, 0.15) is 22.3 Å². The van der Waals surface area contributed by atoms with Gasteiger partial charge in [-0.3, -0.25) is 9.79 Å². The number of hydrogen-bond acceptors (Lipinski definition) is 11. The van der Waals surface area contributed by atoms with Crippen molar-refractivity contribution in [2.24, 2.45) is 4.99 Å². The van der Waals surface area contributed by atoms with Gasteiger partial charge in [0, 0.05) is 66.7 Å². The summed E-state index contributed by atoms with van der Waals surface area (Å²) in [6.07, 6.45) is 16.4. The number of amides is 2. The lowest BCUT2D eigenvalue weighted by Crippen LogP contribution is -2.54. The first-order valence-corrected chi connectivity index (χ1v) is 20.9. The van der Waals surface area contributed by atoms with E-state index < -0.39 is 35.4 Å². The molecule has 2 saturated heterocycles. The normalized spacial score (nSPS) is 20.7. The van der Waals surface area contributed by atoms with Gasteiger partial charge in [-0.1, -0.05) is 23.9 Å². The number of benzene rings is 2. The van der Waals surface area contributed by atoms with Crippen molar-refractivity contribution >= 4 is 53.1 Å². The van der Waals surface area contributed by atoms with E-state index in [1.165, 1.54) is 17.8 Å². The number of aliphatic carboxylic acids is 1. The molecular formula is C44H51FN8O5S. The van der Waals surface area contributed by atoms with Crippen LogP contribution in [-0.4, -0.2) is 100 Å². The van der Waals surface area contributed by atoms with E-state index in [0.29, 0.717) is 35.5 Å². The van der Waals surface area contributed by atoms with E-state index in [1.54, 1.807) is 42.9 Å². The molecule has 3 N–H and O–H groups in total. The van der Waals surface area contributed by atoms with Crippen LogP contribution in [0.2, 0.25) is 0 Å². The van der Waals surface area contributed by atoms with Gasteiger partial charge in [-0.25, -0.2) is 23.9 Å². The van der Waals surface area contributed by atoms with E-state index in [1.807, 2.05) is 56.9 Å². The highest BCUT2D eigenvalue weighted by molar-refractivity contribution is 7.99. The van der Waals surface area contributed by atoms with E-state index in [9.17, 15) is 14.4 Å². The first-order chi connectivity index (χ1) is 28.2. The van der Waals surface area contributed by atoms with Gasteiger partial charge in [0.05, 0.1) is 18.1 Å². The summed E-state index contributed by atoms with van der Waals surface area (Å²) in [7, 11) is 0. The molecule has 0 saturated carbocycles. The molecule has 2 aromatic carbocycles. The van der Waals surface area contributed by atoms with E-state index in [4.69, 9.17) is 9.84 Å². The summed E-state index contributed by atoms with van der Waals surface area (Å²) in [5.41, 5.74) is 2.47. The summed E-state index contributed by atoms with van der Waals surface area (Å²) in [6, 6.07) is 11.6. The molecule has 0 spiro atoms. The number of ether oxygens (including phenoxy) is 1. The number of nitrogens with one attached hydrogen (secondary N) is 2. The van der Waals surface area contributed by atoms with Gasteiger partial charge >= 0.3 is 12.1 Å². The number of halogens is 1. The number of nitrogens with zero attached hydrogens (tertiary/aromatic N) is 6. The van der Waals surface area contributed by atoms with Crippen LogP contribution in [0, 0.1) is 5.82 Å². The fourth-order valence-corrected chi connectivity index (χ4v) is 8.44. The van der Waals surface area contributed by atoms with Gasteiger partial charge in [0.2, 0.25) is 0 Å². The fraction of sp³-hybridized carbons (Fsp3) is 0.409. The molecule has 15 heteroatoms. The molecule has 4 aliphatic rings. The van der Waals surface area contributed by atoms with Gasteiger partial charge in [-0.2, -0.15) is 0 Å². The highest BCUT2D eigenvalue weighted by atomic mass is 32.2. The van der Waals surface area contributed by atoms with Crippen LogP contribution in [-0.2, 0) is 9.53 Å². The number of carbonyl (C=O) groups is 3. The Balaban J connectivity index is 0.875. The number of rotatable bonds is 9. The monoisotopic (exact) mass is 822 g/mol. The van der Waals surface area contributed by atoms with Gasteiger partial charge in [-0.05, 0) is 126 Å². The fourth-order valence-electron chi connectivity index (χ4n) is 7.66. The van der Waals surface area contributed by atoms with Crippen molar-refractivity contribution in [2.45, 2.75) is 92.9 Å². The standard InChI is InChI=1S/C44H51FN8O5S/c1-43(2,3)58-42(57)50-44(4)16-22-53(23-17-44)38-27-48-39(28-47-38)59-34-7-5-6-32(25-34)49-40(54)30-9-11-37(35(45)24-30)52-20-14-33(15-21-52)51-18-12-29(13-19-51)31-8-10-36(41(55)56)46-26-31/h5-12,18,24-28,33,36H,13-17,19-23H2,1-4H3,(H,49,54)(H,50,57)(H,55,56). The lowest BCUT2D eigenvalue weighted by Gasteiger charge is -2.40. The Kier molecular flexibility index (Phi) is 12.4. The molecule has 310 valence electrons. The summed E-state index contributed by atoms with van der Waals surface area (Å²) in [5, 5.41) is 15.8. The lowest BCUT2D eigenvalue weighted by atomic mass is 9.90. The molecule has 1 atom stereocenters. The summed E-state index contributed by atoms with van der Waals surface area (Å²) in [6.45, 7) is 11.3. The second-order valence-corrected chi connectivity index (χ2v) is 17.7. The molecule has 1 aromatic heterocycles. The van der Waals surface area contributed by atoms with Crippen LogP contribution >= 0.6 is 11.8 Å². The van der Waals surface area contributed by atoms with Crippen LogP contribution in [0.4, 0.5) is 26.4 Å². The zero-order valence-electron chi connectivity index (χ0n) is 33.9. The molecule has 4 aliphatic heterocycles. The van der Waals surface area contributed by atoms with Crippen molar-refractivity contribution in [3.05, 3.63) is 102 Å². The molecule has 0 bridgehead atoms. The van der Waals surface area contributed by atoms with E-state index in [2.05, 4.69) is 47.7 Å². The Morgan fingerprint density at radius 3 is 2.37 bits per heavy atom. The second-order valence-electron chi connectivity index (χ2n) is 16.6. The summed E-state index contributed by atoms with van der Waals surface area (Å²) in [4.78, 5) is 57.6. The number of aromatic nitrogens is 2.